The lowest BCUT2D eigenvalue weighted by Gasteiger charge is -2.14. The molecular formula is C13H17NO4. The van der Waals surface area contributed by atoms with Crippen molar-refractivity contribution in [3.63, 3.8) is 0 Å². The van der Waals surface area contributed by atoms with E-state index in [9.17, 15) is 4.79 Å². The topological polar surface area (TPSA) is 56.8 Å². The van der Waals surface area contributed by atoms with Crippen molar-refractivity contribution < 1.29 is 19.0 Å². The van der Waals surface area contributed by atoms with Crippen LogP contribution in [0.2, 0.25) is 0 Å². The number of hydrogen-bond acceptors (Lipinski definition) is 4. The van der Waals surface area contributed by atoms with Gasteiger partial charge in [0.15, 0.2) is 6.29 Å². The van der Waals surface area contributed by atoms with Crippen LogP contribution in [0.3, 0.4) is 0 Å². The molecule has 3 atom stereocenters. The fourth-order valence-corrected chi connectivity index (χ4v) is 1.71. The monoisotopic (exact) mass is 251 g/mol. The minimum Gasteiger partial charge on any atom is -0.410 e. The molecule has 98 valence electrons. The first-order valence-corrected chi connectivity index (χ1v) is 5.91. The highest BCUT2D eigenvalue weighted by Gasteiger charge is 2.32. The molecule has 0 saturated carbocycles. The molecule has 0 aliphatic carbocycles. The molecule has 5 heteroatoms. The van der Waals surface area contributed by atoms with E-state index >= 15 is 0 Å². The maximum atomic E-state index is 11.3. The summed E-state index contributed by atoms with van der Waals surface area (Å²) in [5.41, 5.74) is 0.720. The number of carbonyl (C=O) groups is 1. The summed E-state index contributed by atoms with van der Waals surface area (Å²) in [6, 6.07) is 7.19. The second-order valence-electron chi connectivity index (χ2n) is 4.19. The predicted octanol–water partition coefficient (Wildman–Crippen LogP) is 2.23. The van der Waals surface area contributed by atoms with E-state index in [1.165, 1.54) is 7.05 Å². The number of para-hydroxylation sites is 1. The Kier molecular flexibility index (Phi) is 3.84. The molecule has 1 unspecified atom stereocenters. The summed E-state index contributed by atoms with van der Waals surface area (Å²) in [5.74, 6) is 0.447. The van der Waals surface area contributed by atoms with Crippen molar-refractivity contribution in [2.75, 3.05) is 7.05 Å². The first-order chi connectivity index (χ1) is 8.61. The van der Waals surface area contributed by atoms with Crippen LogP contribution in [0.4, 0.5) is 4.79 Å². The van der Waals surface area contributed by atoms with Gasteiger partial charge in [-0.25, -0.2) is 4.79 Å². The summed E-state index contributed by atoms with van der Waals surface area (Å²) < 4.78 is 16.5. The summed E-state index contributed by atoms with van der Waals surface area (Å²) in [4.78, 5) is 11.3. The maximum Gasteiger partial charge on any atom is 0.412 e. The summed E-state index contributed by atoms with van der Waals surface area (Å²) in [7, 11) is 1.51. The zero-order chi connectivity index (χ0) is 13.1. The molecular weight excluding hydrogens is 234 g/mol. The minimum atomic E-state index is -0.512. The van der Waals surface area contributed by atoms with Crippen LogP contribution in [0.15, 0.2) is 24.3 Å². The van der Waals surface area contributed by atoms with E-state index in [0.29, 0.717) is 5.75 Å². The molecule has 1 amide bonds. The standard InChI is InChI=1S/C13H17NO4/c1-8-9(2)17-12(16-8)10-6-4-5-7-11(10)18-13(15)14-3/h4-9,12H,1-3H3,(H,14,15)/t8-,9+,12?. The highest BCUT2D eigenvalue weighted by atomic mass is 16.7. The van der Waals surface area contributed by atoms with E-state index in [4.69, 9.17) is 14.2 Å². The fourth-order valence-electron chi connectivity index (χ4n) is 1.71. The van der Waals surface area contributed by atoms with Crippen LogP contribution in [-0.4, -0.2) is 25.3 Å². The number of amides is 1. The van der Waals surface area contributed by atoms with Gasteiger partial charge in [-0.05, 0) is 19.9 Å². The Morgan fingerprint density at radius 1 is 1.22 bits per heavy atom. The van der Waals surface area contributed by atoms with E-state index in [2.05, 4.69) is 5.32 Å². The molecule has 1 aliphatic rings. The summed E-state index contributed by atoms with van der Waals surface area (Å²) in [5, 5.41) is 2.41. The minimum absolute atomic E-state index is 0.0167. The molecule has 5 nitrogen and oxygen atoms in total. The smallest absolute Gasteiger partial charge is 0.410 e. The third-order valence-electron chi connectivity index (χ3n) is 2.92. The van der Waals surface area contributed by atoms with Gasteiger partial charge in [-0.2, -0.15) is 0 Å². The van der Waals surface area contributed by atoms with Crippen LogP contribution in [0.1, 0.15) is 25.7 Å². The summed E-state index contributed by atoms with van der Waals surface area (Å²) in [6.45, 7) is 3.90. The van der Waals surface area contributed by atoms with Crippen LogP contribution < -0.4 is 10.1 Å². The van der Waals surface area contributed by atoms with Gasteiger partial charge in [0.1, 0.15) is 5.75 Å². The van der Waals surface area contributed by atoms with Gasteiger partial charge in [0.2, 0.25) is 0 Å². The van der Waals surface area contributed by atoms with Gasteiger partial charge < -0.3 is 19.5 Å². The van der Waals surface area contributed by atoms with Gasteiger partial charge in [-0.1, -0.05) is 18.2 Å². The molecule has 0 radical (unpaired) electrons. The van der Waals surface area contributed by atoms with E-state index in [0.717, 1.165) is 5.56 Å². The molecule has 1 heterocycles. The van der Waals surface area contributed by atoms with Crippen molar-refractivity contribution in [2.45, 2.75) is 32.3 Å². The van der Waals surface area contributed by atoms with Crippen molar-refractivity contribution in [1.29, 1.82) is 0 Å². The number of carbonyl (C=O) groups excluding carboxylic acids is 1. The van der Waals surface area contributed by atoms with E-state index in [1.54, 1.807) is 12.1 Å². The van der Waals surface area contributed by atoms with Gasteiger partial charge in [0.05, 0.1) is 17.8 Å². The van der Waals surface area contributed by atoms with Gasteiger partial charge in [0, 0.05) is 7.05 Å². The number of benzene rings is 1. The Morgan fingerprint density at radius 3 is 2.44 bits per heavy atom. The van der Waals surface area contributed by atoms with Gasteiger partial charge in [0.25, 0.3) is 0 Å². The molecule has 1 N–H and O–H groups in total. The number of ether oxygens (including phenoxy) is 3. The third kappa shape index (κ3) is 2.63. The van der Waals surface area contributed by atoms with E-state index in [1.807, 2.05) is 26.0 Å². The normalized spacial score (nSPS) is 26.9. The zero-order valence-electron chi connectivity index (χ0n) is 10.7. The number of rotatable bonds is 2. The second-order valence-corrected chi connectivity index (χ2v) is 4.19. The largest absolute Gasteiger partial charge is 0.412 e. The second kappa shape index (κ2) is 5.37. The van der Waals surface area contributed by atoms with Crippen LogP contribution in [-0.2, 0) is 9.47 Å². The van der Waals surface area contributed by atoms with Crippen LogP contribution in [0.25, 0.3) is 0 Å². The Hall–Kier alpha value is -1.59. The third-order valence-corrected chi connectivity index (χ3v) is 2.92. The number of nitrogens with one attached hydrogen (secondary N) is 1. The Balaban J connectivity index is 2.20. The van der Waals surface area contributed by atoms with Crippen molar-refractivity contribution in [3.05, 3.63) is 29.8 Å². The lowest BCUT2D eigenvalue weighted by Crippen LogP contribution is -2.23. The highest BCUT2D eigenvalue weighted by Crippen LogP contribution is 2.35. The SMILES string of the molecule is CNC(=O)Oc1ccccc1C1O[C@@H](C)[C@@H](C)O1. The van der Waals surface area contributed by atoms with Crippen LogP contribution >= 0.6 is 0 Å². The Bertz CT molecular complexity index is 425. The zero-order valence-corrected chi connectivity index (χ0v) is 10.7. The van der Waals surface area contributed by atoms with E-state index < -0.39 is 12.4 Å². The average Bonchev–Trinajstić information content (AvgIpc) is 2.70. The van der Waals surface area contributed by atoms with Gasteiger partial charge >= 0.3 is 6.09 Å². The molecule has 1 aliphatic heterocycles. The van der Waals surface area contributed by atoms with Crippen molar-refractivity contribution in [2.24, 2.45) is 0 Å². The Morgan fingerprint density at radius 2 is 1.83 bits per heavy atom. The average molecular weight is 251 g/mol. The molecule has 0 aromatic heterocycles. The fraction of sp³-hybridized carbons (Fsp3) is 0.462. The highest BCUT2D eigenvalue weighted by molar-refractivity contribution is 5.70. The van der Waals surface area contributed by atoms with Crippen LogP contribution in [0, 0.1) is 0 Å². The van der Waals surface area contributed by atoms with Crippen molar-refractivity contribution >= 4 is 6.09 Å². The maximum absolute atomic E-state index is 11.3. The van der Waals surface area contributed by atoms with Crippen LogP contribution in [0.5, 0.6) is 5.75 Å². The number of hydrogen-bond donors (Lipinski definition) is 1. The molecule has 1 saturated heterocycles. The quantitative estimate of drug-likeness (QED) is 0.875. The van der Waals surface area contributed by atoms with Gasteiger partial charge in [-0.3, -0.25) is 0 Å². The molecule has 0 spiro atoms. The molecule has 0 bridgehead atoms. The first-order valence-electron chi connectivity index (χ1n) is 5.91. The first kappa shape index (κ1) is 12.9. The molecule has 1 aromatic rings. The van der Waals surface area contributed by atoms with E-state index in [-0.39, 0.29) is 12.2 Å². The lowest BCUT2D eigenvalue weighted by atomic mass is 10.2. The molecule has 1 aromatic carbocycles. The summed E-state index contributed by atoms with van der Waals surface area (Å²) >= 11 is 0. The van der Waals surface area contributed by atoms with Crippen molar-refractivity contribution in [3.8, 4) is 5.75 Å². The summed E-state index contributed by atoms with van der Waals surface area (Å²) in [6.07, 6.45) is -0.969. The van der Waals surface area contributed by atoms with Gasteiger partial charge in [-0.15, -0.1) is 0 Å². The molecule has 18 heavy (non-hydrogen) atoms. The molecule has 1 fully saturated rings. The Labute approximate surface area is 106 Å². The molecule has 2 rings (SSSR count). The van der Waals surface area contributed by atoms with Crippen molar-refractivity contribution in [1.82, 2.24) is 5.32 Å². The predicted molar refractivity (Wildman–Crippen MR) is 65.4 cm³/mol. The lowest BCUT2D eigenvalue weighted by molar-refractivity contribution is -0.0662.